The number of sulfone groups is 1. The van der Waals surface area contributed by atoms with Crippen molar-refractivity contribution in [1.82, 2.24) is 0 Å². The van der Waals surface area contributed by atoms with Gasteiger partial charge in [0.15, 0.2) is 15.4 Å². The van der Waals surface area contributed by atoms with Crippen molar-refractivity contribution in [3.8, 4) is 6.07 Å². The van der Waals surface area contributed by atoms with Crippen molar-refractivity contribution < 1.29 is 31.5 Å². The van der Waals surface area contributed by atoms with Gasteiger partial charge in [0.1, 0.15) is 0 Å². The number of halogens is 3. The number of alkyl halides is 3. The van der Waals surface area contributed by atoms with E-state index in [-0.39, 0.29) is 16.5 Å². The Kier molecular flexibility index (Phi) is 6.83. The molecule has 0 aliphatic heterocycles. The van der Waals surface area contributed by atoms with Crippen LogP contribution in [0, 0.1) is 11.3 Å². The van der Waals surface area contributed by atoms with Gasteiger partial charge in [0.05, 0.1) is 27.8 Å². The molecule has 0 aliphatic rings. The summed E-state index contributed by atoms with van der Waals surface area (Å²) in [7, 11) is -4.07. The molecule has 6 nitrogen and oxygen atoms in total. The van der Waals surface area contributed by atoms with Gasteiger partial charge >= 0.3 is 6.18 Å². The van der Waals surface area contributed by atoms with Crippen LogP contribution in [0.1, 0.15) is 43.4 Å². The summed E-state index contributed by atoms with van der Waals surface area (Å²) < 4.78 is 64.5. The fraction of sp³-hybridized carbons (Fsp3) is 0.333. The predicted octanol–water partition coefficient (Wildman–Crippen LogP) is 3.86. The van der Waals surface area contributed by atoms with Crippen LogP contribution in [-0.4, -0.2) is 30.8 Å². The molecule has 2 aromatic rings. The molecule has 0 saturated carbocycles. The standard InChI is InChI=1S/C21H21F3N2O4S/c1-13(2)14-5-8-17(9-6-14)31(29,30)12-20(3,28)19(27)26-16-7-4-15(11-25)18(10-16)21(22,23)24/h4-10,13,28H,12H2,1-3H3,(H,26,27)/t20-/m0/s1. The molecule has 0 unspecified atom stereocenters. The summed E-state index contributed by atoms with van der Waals surface area (Å²) in [6.45, 7) is 4.83. The fourth-order valence-corrected chi connectivity index (χ4v) is 4.39. The Hall–Kier alpha value is -2.90. The Labute approximate surface area is 178 Å². The zero-order valence-electron chi connectivity index (χ0n) is 17.0. The van der Waals surface area contributed by atoms with Crippen molar-refractivity contribution in [1.29, 1.82) is 5.26 Å². The number of anilines is 1. The van der Waals surface area contributed by atoms with Gasteiger partial charge in [0.25, 0.3) is 5.91 Å². The number of aliphatic hydroxyl groups is 1. The first-order chi connectivity index (χ1) is 14.2. The molecule has 166 valence electrons. The second-order valence-electron chi connectivity index (χ2n) is 7.58. The third kappa shape index (κ3) is 5.83. The van der Waals surface area contributed by atoms with Gasteiger partial charge in [-0.25, -0.2) is 8.42 Å². The quantitative estimate of drug-likeness (QED) is 0.689. The summed E-state index contributed by atoms with van der Waals surface area (Å²) in [6, 6.07) is 9.88. The van der Waals surface area contributed by atoms with E-state index in [9.17, 15) is 31.5 Å². The minimum atomic E-state index is -4.83. The molecule has 10 heteroatoms. The number of hydrogen-bond donors (Lipinski definition) is 2. The molecule has 0 fully saturated rings. The van der Waals surface area contributed by atoms with Gasteiger partial charge in [0, 0.05) is 5.69 Å². The van der Waals surface area contributed by atoms with Crippen molar-refractivity contribution in [3.05, 3.63) is 59.2 Å². The first kappa shape index (κ1) is 24.4. The van der Waals surface area contributed by atoms with E-state index in [1.165, 1.54) is 18.2 Å². The lowest BCUT2D eigenvalue weighted by molar-refractivity contribution is -0.137. The first-order valence-electron chi connectivity index (χ1n) is 9.15. The average molecular weight is 454 g/mol. The second kappa shape index (κ2) is 8.69. The van der Waals surface area contributed by atoms with Crippen LogP contribution < -0.4 is 5.32 Å². The Morgan fingerprint density at radius 3 is 2.23 bits per heavy atom. The number of nitrogens with one attached hydrogen (secondary N) is 1. The largest absolute Gasteiger partial charge is 0.417 e. The Morgan fingerprint density at radius 1 is 1.16 bits per heavy atom. The monoisotopic (exact) mass is 454 g/mol. The topological polar surface area (TPSA) is 107 Å². The van der Waals surface area contributed by atoms with Gasteiger partial charge in [-0.2, -0.15) is 18.4 Å². The van der Waals surface area contributed by atoms with Crippen LogP contribution in [0.15, 0.2) is 47.4 Å². The third-order valence-corrected chi connectivity index (χ3v) is 6.50. The zero-order chi connectivity index (χ0) is 23.6. The number of nitrogens with zero attached hydrogens (tertiary/aromatic N) is 1. The number of benzene rings is 2. The molecule has 0 heterocycles. The SMILES string of the molecule is CC(C)c1ccc(S(=O)(=O)C[C@](C)(O)C(=O)Nc2ccc(C#N)c(C(F)(F)F)c2)cc1. The van der Waals surface area contributed by atoms with E-state index in [0.717, 1.165) is 24.6 Å². The molecule has 2 N–H and O–H groups in total. The van der Waals surface area contributed by atoms with Crippen molar-refractivity contribution in [2.24, 2.45) is 0 Å². The number of hydrogen-bond acceptors (Lipinski definition) is 5. The number of nitriles is 1. The summed E-state index contributed by atoms with van der Waals surface area (Å²) in [5.41, 5.74) is -3.75. The highest BCUT2D eigenvalue weighted by molar-refractivity contribution is 7.91. The lowest BCUT2D eigenvalue weighted by Gasteiger charge is -2.22. The molecular weight excluding hydrogens is 433 g/mol. The molecule has 0 bridgehead atoms. The summed E-state index contributed by atoms with van der Waals surface area (Å²) >= 11 is 0. The van der Waals surface area contributed by atoms with E-state index in [4.69, 9.17) is 5.26 Å². The maximum Gasteiger partial charge on any atom is 0.417 e. The van der Waals surface area contributed by atoms with E-state index in [2.05, 4.69) is 5.32 Å². The van der Waals surface area contributed by atoms with Crippen LogP contribution >= 0.6 is 0 Å². The van der Waals surface area contributed by atoms with Crippen LogP contribution in [0.2, 0.25) is 0 Å². The molecule has 2 aromatic carbocycles. The lowest BCUT2D eigenvalue weighted by atomic mass is 10.0. The highest BCUT2D eigenvalue weighted by atomic mass is 32.2. The normalized spacial score (nSPS) is 14.0. The van der Waals surface area contributed by atoms with Gasteiger partial charge in [-0.15, -0.1) is 0 Å². The number of amides is 1. The van der Waals surface area contributed by atoms with Crippen molar-refractivity contribution >= 4 is 21.4 Å². The van der Waals surface area contributed by atoms with Crippen LogP contribution in [0.5, 0.6) is 0 Å². The van der Waals surface area contributed by atoms with Gasteiger partial charge in [0.2, 0.25) is 0 Å². The van der Waals surface area contributed by atoms with Crippen molar-refractivity contribution in [2.45, 2.75) is 43.4 Å². The molecule has 1 atom stereocenters. The first-order valence-corrected chi connectivity index (χ1v) is 10.8. The molecule has 0 aliphatic carbocycles. The van der Waals surface area contributed by atoms with Crippen LogP contribution in [0.3, 0.4) is 0 Å². The summed E-state index contributed by atoms with van der Waals surface area (Å²) in [4.78, 5) is 12.3. The molecule has 2 rings (SSSR count). The molecular formula is C21H21F3N2O4S. The minimum absolute atomic E-state index is 0.0947. The smallest absolute Gasteiger partial charge is 0.379 e. The second-order valence-corrected chi connectivity index (χ2v) is 9.57. The van der Waals surface area contributed by atoms with Crippen LogP contribution in [0.25, 0.3) is 0 Å². The molecule has 0 spiro atoms. The van der Waals surface area contributed by atoms with E-state index in [1.807, 2.05) is 13.8 Å². The molecule has 0 radical (unpaired) electrons. The van der Waals surface area contributed by atoms with E-state index in [0.29, 0.717) is 6.07 Å². The Morgan fingerprint density at radius 2 is 1.74 bits per heavy atom. The van der Waals surface area contributed by atoms with Gasteiger partial charge in [-0.05, 0) is 48.7 Å². The summed E-state index contributed by atoms with van der Waals surface area (Å²) in [5.74, 6) is -2.00. The third-order valence-electron chi connectivity index (χ3n) is 4.57. The predicted molar refractivity (Wildman–Crippen MR) is 108 cm³/mol. The van der Waals surface area contributed by atoms with E-state index in [1.54, 1.807) is 12.1 Å². The van der Waals surface area contributed by atoms with Gasteiger partial charge < -0.3 is 10.4 Å². The van der Waals surface area contributed by atoms with E-state index < -0.39 is 44.4 Å². The van der Waals surface area contributed by atoms with Crippen molar-refractivity contribution in [3.63, 3.8) is 0 Å². The average Bonchev–Trinajstić information content (AvgIpc) is 2.66. The summed E-state index contributed by atoms with van der Waals surface area (Å²) in [6.07, 6.45) is -4.83. The highest BCUT2D eigenvalue weighted by Crippen LogP contribution is 2.33. The minimum Gasteiger partial charge on any atom is -0.379 e. The molecule has 0 aromatic heterocycles. The lowest BCUT2D eigenvalue weighted by Crippen LogP contribution is -2.45. The summed E-state index contributed by atoms with van der Waals surface area (Å²) in [5, 5.41) is 21.4. The molecule has 1 amide bonds. The number of rotatable bonds is 6. The van der Waals surface area contributed by atoms with Gasteiger partial charge in [-0.3, -0.25) is 4.79 Å². The maximum atomic E-state index is 13.1. The zero-order valence-corrected chi connectivity index (χ0v) is 17.8. The van der Waals surface area contributed by atoms with Crippen LogP contribution in [-0.2, 0) is 20.8 Å². The maximum absolute atomic E-state index is 13.1. The van der Waals surface area contributed by atoms with Crippen molar-refractivity contribution in [2.75, 3.05) is 11.1 Å². The molecule has 31 heavy (non-hydrogen) atoms. The van der Waals surface area contributed by atoms with Crippen LogP contribution in [0.4, 0.5) is 18.9 Å². The molecule has 0 saturated heterocycles. The Balaban J connectivity index is 2.24. The number of carbonyl (C=O) groups is 1. The highest BCUT2D eigenvalue weighted by Gasteiger charge is 2.38. The Bertz CT molecular complexity index is 1120. The van der Waals surface area contributed by atoms with Gasteiger partial charge in [-0.1, -0.05) is 26.0 Å². The fourth-order valence-electron chi connectivity index (χ4n) is 2.80. The van der Waals surface area contributed by atoms with E-state index >= 15 is 0 Å². The number of carbonyl (C=O) groups excluding carboxylic acids is 1.